The number of ether oxygens (including phenoxy) is 2. The molecule has 1 rings (SSSR count). The van der Waals surface area contributed by atoms with Crippen LogP contribution in [0.4, 0.5) is 5.69 Å². The quantitative estimate of drug-likeness (QED) is 0.469. The van der Waals surface area contributed by atoms with E-state index in [4.69, 9.17) is 20.3 Å². The van der Waals surface area contributed by atoms with Crippen molar-refractivity contribution in [2.24, 2.45) is 0 Å². The third-order valence-electron chi connectivity index (χ3n) is 2.49. The lowest BCUT2D eigenvalue weighted by atomic mass is 10.1. The number of aliphatic hydroxyl groups excluding tert-OH is 1. The number of carbonyl (C=O) groups is 1. The van der Waals surface area contributed by atoms with Crippen molar-refractivity contribution in [3.63, 3.8) is 0 Å². The summed E-state index contributed by atoms with van der Waals surface area (Å²) >= 11 is 0. The highest BCUT2D eigenvalue weighted by Gasteiger charge is 2.09. The van der Waals surface area contributed by atoms with Gasteiger partial charge in [0, 0.05) is 24.9 Å². The van der Waals surface area contributed by atoms with Gasteiger partial charge in [-0.2, -0.15) is 0 Å². The molecule has 0 aliphatic carbocycles. The van der Waals surface area contributed by atoms with E-state index in [1.54, 1.807) is 25.3 Å². The number of rotatable bonds is 8. The molecule has 0 fully saturated rings. The maximum atomic E-state index is 11.8. The van der Waals surface area contributed by atoms with Crippen LogP contribution in [0.1, 0.15) is 16.8 Å². The van der Waals surface area contributed by atoms with E-state index < -0.39 is 0 Å². The van der Waals surface area contributed by atoms with Crippen molar-refractivity contribution < 1.29 is 19.4 Å². The monoisotopic (exact) mass is 268 g/mol. The van der Waals surface area contributed by atoms with Gasteiger partial charge in [-0.25, -0.2) is 0 Å². The fourth-order valence-corrected chi connectivity index (χ4v) is 1.51. The summed E-state index contributed by atoms with van der Waals surface area (Å²) in [5.41, 5.74) is 6.59. The van der Waals surface area contributed by atoms with Crippen LogP contribution < -0.4 is 15.8 Å². The highest BCUT2D eigenvalue weighted by Crippen LogP contribution is 2.19. The van der Waals surface area contributed by atoms with Crippen molar-refractivity contribution in [1.82, 2.24) is 5.32 Å². The lowest BCUT2D eigenvalue weighted by molar-refractivity contribution is 0.0868. The molecule has 0 aromatic heterocycles. The molecular formula is C13H20N2O4. The van der Waals surface area contributed by atoms with Crippen LogP contribution in [0, 0.1) is 0 Å². The first-order valence-corrected chi connectivity index (χ1v) is 6.09. The third-order valence-corrected chi connectivity index (χ3v) is 2.49. The van der Waals surface area contributed by atoms with Gasteiger partial charge >= 0.3 is 0 Å². The Morgan fingerprint density at radius 3 is 2.84 bits per heavy atom. The smallest absolute Gasteiger partial charge is 0.253 e. The zero-order chi connectivity index (χ0) is 14.1. The number of amides is 1. The number of hydrogen-bond donors (Lipinski definition) is 3. The van der Waals surface area contributed by atoms with Gasteiger partial charge in [-0.3, -0.25) is 4.79 Å². The van der Waals surface area contributed by atoms with E-state index >= 15 is 0 Å². The molecule has 0 heterocycles. The molecule has 0 radical (unpaired) electrons. The number of nitrogens with two attached hydrogens (primary N) is 1. The normalized spacial score (nSPS) is 10.2. The maximum Gasteiger partial charge on any atom is 0.253 e. The minimum absolute atomic E-state index is 0.00867. The van der Waals surface area contributed by atoms with Crippen LogP contribution in [0.5, 0.6) is 5.75 Å². The number of carbonyl (C=O) groups excluding carboxylic acids is 1. The number of nitrogen functional groups attached to an aromatic ring is 1. The molecule has 6 nitrogen and oxygen atoms in total. The lowest BCUT2D eigenvalue weighted by Gasteiger charge is -2.09. The molecule has 1 aromatic rings. The number of methoxy groups -OCH3 is 1. The fraction of sp³-hybridized carbons (Fsp3) is 0.462. The van der Waals surface area contributed by atoms with Crippen LogP contribution in [-0.4, -0.2) is 44.5 Å². The first-order chi connectivity index (χ1) is 9.19. The molecule has 4 N–H and O–H groups in total. The van der Waals surface area contributed by atoms with Gasteiger partial charge in [0.1, 0.15) is 5.75 Å². The fourth-order valence-electron chi connectivity index (χ4n) is 1.51. The van der Waals surface area contributed by atoms with E-state index in [9.17, 15) is 4.79 Å². The highest BCUT2D eigenvalue weighted by molar-refractivity contribution is 5.99. The second-order valence-corrected chi connectivity index (χ2v) is 3.90. The van der Waals surface area contributed by atoms with Crippen molar-refractivity contribution in [1.29, 1.82) is 0 Å². The Kier molecular flexibility index (Phi) is 6.70. The van der Waals surface area contributed by atoms with Crippen molar-refractivity contribution in [2.45, 2.75) is 6.42 Å². The first kappa shape index (κ1) is 15.3. The predicted molar refractivity (Wildman–Crippen MR) is 72.3 cm³/mol. The van der Waals surface area contributed by atoms with E-state index in [1.807, 2.05) is 0 Å². The molecule has 0 saturated carbocycles. The summed E-state index contributed by atoms with van der Waals surface area (Å²) < 4.78 is 10.1. The summed E-state index contributed by atoms with van der Waals surface area (Å²) in [7, 11) is 1.54. The van der Waals surface area contributed by atoms with Crippen molar-refractivity contribution in [2.75, 3.05) is 39.2 Å². The van der Waals surface area contributed by atoms with Crippen LogP contribution in [0.3, 0.4) is 0 Å². The zero-order valence-electron chi connectivity index (χ0n) is 11.0. The highest BCUT2D eigenvalue weighted by atomic mass is 16.5. The molecule has 0 aliphatic heterocycles. The number of hydrogen-bond acceptors (Lipinski definition) is 5. The van der Waals surface area contributed by atoms with Crippen LogP contribution in [0.15, 0.2) is 18.2 Å². The largest absolute Gasteiger partial charge is 0.497 e. The van der Waals surface area contributed by atoms with Crippen molar-refractivity contribution >= 4 is 11.6 Å². The molecular weight excluding hydrogens is 248 g/mol. The van der Waals surface area contributed by atoms with E-state index in [-0.39, 0.29) is 12.5 Å². The standard InChI is InChI=1S/C13H20N2O4/c1-18-10-3-4-11(12(14)9-10)13(17)15-5-2-7-19-8-6-16/h3-4,9,16H,2,5-8,14H2,1H3,(H,15,17). The van der Waals surface area contributed by atoms with Crippen LogP contribution in [-0.2, 0) is 4.74 Å². The van der Waals surface area contributed by atoms with Gasteiger partial charge in [-0.05, 0) is 18.6 Å². The van der Waals surface area contributed by atoms with E-state index in [0.717, 1.165) is 0 Å². The number of benzene rings is 1. The second-order valence-electron chi connectivity index (χ2n) is 3.90. The van der Waals surface area contributed by atoms with Gasteiger partial charge in [0.25, 0.3) is 5.91 Å². The third kappa shape index (κ3) is 5.15. The Labute approximate surface area is 112 Å². The summed E-state index contributed by atoms with van der Waals surface area (Å²) in [6, 6.07) is 4.93. The Bertz CT molecular complexity index is 410. The Balaban J connectivity index is 2.37. The number of nitrogens with one attached hydrogen (secondary N) is 1. The van der Waals surface area contributed by atoms with Gasteiger partial charge in [-0.1, -0.05) is 0 Å². The predicted octanol–water partition coefficient (Wildman–Crippen LogP) is 0.406. The average molecular weight is 268 g/mol. The van der Waals surface area contributed by atoms with Gasteiger partial charge in [0.2, 0.25) is 0 Å². The maximum absolute atomic E-state index is 11.8. The summed E-state index contributed by atoms with van der Waals surface area (Å²) in [6.07, 6.45) is 0.682. The van der Waals surface area contributed by atoms with E-state index in [0.29, 0.717) is 43.2 Å². The van der Waals surface area contributed by atoms with Crippen molar-refractivity contribution in [3.05, 3.63) is 23.8 Å². The molecule has 6 heteroatoms. The SMILES string of the molecule is COc1ccc(C(=O)NCCCOCCO)c(N)c1. The summed E-state index contributed by atoms with van der Waals surface area (Å²) in [4.78, 5) is 11.8. The minimum Gasteiger partial charge on any atom is -0.497 e. The Hall–Kier alpha value is -1.79. The van der Waals surface area contributed by atoms with E-state index in [1.165, 1.54) is 0 Å². The van der Waals surface area contributed by atoms with Gasteiger partial charge < -0.3 is 25.6 Å². The van der Waals surface area contributed by atoms with Crippen LogP contribution in [0.25, 0.3) is 0 Å². The average Bonchev–Trinajstić information content (AvgIpc) is 2.42. The first-order valence-electron chi connectivity index (χ1n) is 6.09. The summed E-state index contributed by atoms with van der Waals surface area (Å²) in [5, 5.41) is 11.3. The molecule has 0 spiro atoms. The molecule has 0 saturated heterocycles. The molecule has 0 aliphatic rings. The molecule has 0 bridgehead atoms. The van der Waals surface area contributed by atoms with Gasteiger partial charge in [0.05, 0.1) is 25.9 Å². The molecule has 0 unspecified atom stereocenters. The molecule has 106 valence electrons. The molecule has 0 atom stereocenters. The topological polar surface area (TPSA) is 93.8 Å². The van der Waals surface area contributed by atoms with Gasteiger partial charge in [0.15, 0.2) is 0 Å². The van der Waals surface area contributed by atoms with Gasteiger partial charge in [-0.15, -0.1) is 0 Å². The molecule has 1 amide bonds. The zero-order valence-corrected chi connectivity index (χ0v) is 11.0. The minimum atomic E-state index is -0.220. The van der Waals surface area contributed by atoms with Crippen LogP contribution >= 0.6 is 0 Å². The lowest BCUT2D eigenvalue weighted by Crippen LogP contribution is -2.26. The van der Waals surface area contributed by atoms with Crippen molar-refractivity contribution in [3.8, 4) is 5.75 Å². The molecule has 1 aromatic carbocycles. The van der Waals surface area contributed by atoms with Crippen LogP contribution in [0.2, 0.25) is 0 Å². The Morgan fingerprint density at radius 2 is 2.21 bits per heavy atom. The Morgan fingerprint density at radius 1 is 1.42 bits per heavy atom. The summed E-state index contributed by atoms with van der Waals surface area (Å²) in [5.74, 6) is 0.397. The van der Waals surface area contributed by atoms with E-state index in [2.05, 4.69) is 5.32 Å². The number of aliphatic hydroxyl groups is 1. The second kappa shape index (κ2) is 8.34. The molecule has 19 heavy (non-hydrogen) atoms. The number of anilines is 1. The summed E-state index contributed by atoms with van der Waals surface area (Å²) in [6.45, 7) is 1.32.